The highest BCUT2D eigenvalue weighted by Crippen LogP contribution is 2.09. The van der Waals surface area contributed by atoms with Crippen molar-refractivity contribution in [1.82, 2.24) is 5.32 Å². The lowest BCUT2D eigenvalue weighted by Crippen LogP contribution is -2.38. The summed E-state index contributed by atoms with van der Waals surface area (Å²) in [5.41, 5.74) is 0. The van der Waals surface area contributed by atoms with Gasteiger partial charge >= 0.3 is 5.97 Å². The van der Waals surface area contributed by atoms with Crippen molar-refractivity contribution in [3.05, 3.63) is 12.2 Å². The summed E-state index contributed by atoms with van der Waals surface area (Å²) < 4.78 is 0. The molecule has 134 valence electrons. The Bertz CT molecular complexity index is 340. The number of carboxylic acids is 1. The van der Waals surface area contributed by atoms with Crippen LogP contribution in [0.25, 0.3) is 0 Å². The number of unbranched alkanes of at least 4 members (excludes halogenated alkanes) is 9. The van der Waals surface area contributed by atoms with E-state index >= 15 is 0 Å². The Morgan fingerprint density at radius 3 is 2.00 bits per heavy atom. The number of nitrogens with one attached hydrogen (secondary N) is 1. The van der Waals surface area contributed by atoms with Crippen molar-refractivity contribution < 1.29 is 14.7 Å². The quantitative estimate of drug-likeness (QED) is 0.335. The fourth-order valence-corrected chi connectivity index (χ4v) is 2.38. The van der Waals surface area contributed by atoms with Crippen LogP contribution in [0.1, 0.15) is 90.9 Å². The molecule has 0 aliphatic heterocycles. The van der Waals surface area contributed by atoms with Crippen LogP contribution in [0.2, 0.25) is 0 Å². The highest BCUT2D eigenvalue weighted by atomic mass is 16.4. The summed E-state index contributed by atoms with van der Waals surface area (Å²) >= 11 is 0. The average Bonchev–Trinajstić information content (AvgIpc) is 2.51. The fourth-order valence-electron chi connectivity index (χ4n) is 2.38. The zero-order valence-corrected chi connectivity index (χ0v) is 15.0. The molecule has 0 bridgehead atoms. The standard InChI is InChI=1S/C19H35NO3/c1-3-4-5-6-7-8-9-10-11-12-13-14-15-16-18(21)20-17(2)19(22)23/h8-9,17H,3-7,10-16H2,1-2H3,(H,20,21)(H,22,23)/t17-/m0/s1. The van der Waals surface area contributed by atoms with E-state index in [1.165, 1.54) is 51.9 Å². The Morgan fingerprint density at radius 2 is 1.43 bits per heavy atom. The molecule has 0 aromatic rings. The maximum absolute atomic E-state index is 11.5. The lowest BCUT2D eigenvalue weighted by molar-refractivity contribution is -0.141. The Kier molecular flexibility index (Phi) is 14.7. The third-order valence-corrected chi connectivity index (χ3v) is 3.91. The minimum Gasteiger partial charge on any atom is -0.480 e. The SMILES string of the molecule is CCCCCCC=CCCCCCCCC(=O)N[C@@H](C)C(=O)O. The van der Waals surface area contributed by atoms with Gasteiger partial charge in [0.15, 0.2) is 0 Å². The third kappa shape index (κ3) is 15.4. The predicted molar refractivity (Wildman–Crippen MR) is 95.5 cm³/mol. The first-order chi connectivity index (χ1) is 11.1. The van der Waals surface area contributed by atoms with Gasteiger partial charge in [-0.1, -0.05) is 57.6 Å². The van der Waals surface area contributed by atoms with Crippen molar-refractivity contribution in [2.75, 3.05) is 0 Å². The van der Waals surface area contributed by atoms with E-state index in [0.29, 0.717) is 6.42 Å². The number of carbonyl (C=O) groups is 2. The van der Waals surface area contributed by atoms with Gasteiger partial charge in [-0.15, -0.1) is 0 Å². The van der Waals surface area contributed by atoms with Crippen LogP contribution in [0.3, 0.4) is 0 Å². The predicted octanol–water partition coefficient (Wildman–Crippen LogP) is 4.83. The Balaban J connectivity index is 3.31. The van der Waals surface area contributed by atoms with Crippen LogP contribution in [0.4, 0.5) is 0 Å². The molecule has 0 aliphatic carbocycles. The van der Waals surface area contributed by atoms with Gasteiger partial charge in [-0.25, -0.2) is 0 Å². The van der Waals surface area contributed by atoms with Crippen molar-refractivity contribution in [1.29, 1.82) is 0 Å². The van der Waals surface area contributed by atoms with Crippen LogP contribution in [0.15, 0.2) is 12.2 Å². The van der Waals surface area contributed by atoms with Crippen LogP contribution in [-0.2, 0) is 9.59 Å². The largest absolute Gasteiger partial charge is 0.480 e. The zero-order valence-electron chi connectivity index (χ0n) is 15.0. The van der Waals surface area contributed by atoms with Gasteiger partial charge < -0.3 is 10.4 Å². The molecule has 0 aromatic heterocycles. The van der Waals surface area contributed by atoms with Crippen LogP contribution in [0.5, 0.6) is 0 Å². The molecule has 0 unspecified atom stereocenters. The first kappa shape index (κ1) is 21.7. The lowest BCUT2D eigenvalue weighted by Gasteiger charge is -2.08. The number of hydrogen-bond acceptors (Lipinski definition) is 2. The maximum atomic E-state index is 11.5. The van der Waals surface area contributed by atoms with E-state index in [2.05, 4.69) is 24.4 Å². The number of rotatable bonds is 15. The maximum Gasteiger partial charge on any atom is 0.325 e. The molecule has 2 N–H and O–H groups in total. The van der Waals surface area contributed by atoms with Gasteiger partial charge in [0.2, 0.25) is 5.91 Å². The van der Waals surface area contributed by atoms with Crippen LogP contribution < -0.4 is 5.32 Å². The van der Waals surface area contributed by atoms with E-state index in [9.17, 15) is 9.59 Å². The van der Waals surface area contributed by atoms with Gasteiger partial charge in [-0.05, 0) is 39.0 Å². The molecule has 0 saturated carbocycles. The minimum atomic E-state index is -0.989. The monoisotopic (exact) mass is 325 g/mol. The lowest BCUT2D eigenvalue weighted by atomic mass is 10.1. The van der Waals surface area contributed by atoms with E-state index in [0.717, 1.165) is 25.7 Å². The average molecular weight is 325 g/mol. The highest BCUT2D eigenvalue weighted by molar-refractivity contribution is 5.83. The molecule has 4 nitrogen and oxygen atoms in total. The number of hydrogen-bond donors (Lipinski definition) is 2. The summed E-state index contributed by atoms with van der Waals surface area (Å²) in [7, 11) is 0. The second-order valence-electron chi connectivity index (χ2n) is 6.25. The Labute approximate surface area is 141 Å². The summed E-state index contributed by atoms with van der Waals surface area (Å²) in [6.07, 6.45) is 18.1. The molecular formula is C19H35NO3. The van der Waals surface area contributed by atoms with Gasteiger partial charge in [-0.2, -0.15) is 0 Å². The Hall–Kier alpha value is -1.32. The second kappa shape index (κ2) is 15.6. The van der Waals surface area contributed by atoms with E-state index < -0.39 is 12.0 Å². The van der Waals surface area contributed by atoms with Crippen LogP contribution >= 0.6 is 0 Å². The van der Waals surface area contributed by atoms with Gasteiger partial charge in [0.25, 0.3) is 0 Å². The molecular weight excluding hydrogens is 290 g/mol. The Morgan fingerprint density at radius 1 is 0.913 bits per heavy atom. The number of allylic oxidation sites excluding steroid dienone is 2. The van der Waals surface area contributed by atoms with E-state index in [1.54, 1.807) is 0 Å². The number of amides is 1. The first-order valence-electron chi connectivity index (χ1n) is 9.25. The minimum absolute atomic E-state index is 0.161. The molecule has 23 heavy (non-hydrogen) atoms. The topological polar surface area (TPSA) is 66.4 Å². The molecule has 0 aliphatic rings. The summed E-state index contributed by atoms with van der Waals surface area (Å²) in [5.74, 6) is -1.15. The first-order valence-corrected chi connectivity index (χ1v) is 9.25. The van der Waals surface area contributed by atoms with Crippen LogP contribution in [0, 0.1) is 0 Å². The number of aliphatic carboxylic acids is 1. The molecule has 0 rings (SSSR count). The molecule has 1 atom stereocenters. The molecule has 0 heterocycles. The van der Waals surface area contributed by atoms with Crippen molar-refractivity contribution in [2.45, 2.75) is 96.9 Å². The molecule has 1 amide bonds. The summed E-state index contributed by atoms with van der Waals surface area (Å²) in [5, 5.41) is 11.2. The van der Waals surface area contributed by atoms with Crippen molar-refractivity contribution in [3.63, 3.8) is 0 Å². The van der Waals surface area contributed by atoms with E-state index in [-0.39, 0.29) is 5.91 Å². The summed E-state index contributed by atoms with van der Waals surface area (Å²) in [6, 6.07) is -0.795. The van der Waals surface area contributed by atoms with Crippen LogP contribution in [-0.4, -0.2) is 23.0 Å². The van der Waals surface area contributed by atoms with Gasteiger partial charge in [0.1, 0.15) is 6.04 Å². The fraction of sp³-hybridized carbons (Fsp3) is 0.789. The normalized spacial score (nSPS) is 12.4. The summed E-state index contributed by atoms with van der Waals surface area (Å²) in [4.78, 5) is 22.1. The van der Waals surface area contributed by atoms with Crippen molar-refractivity contribution in [3.8, 4) is 0 Å². The number of carboxylic acid groups (broad SMARTS) is 1. The molecule has 0 saturated heterocycles. The van der Waals surface area contributed by atoms with E-state index in [1.807, 2.05) is 0 Å². The van der Waals surface area contributed by atoms with Gasteiger partial charge in [0, 0.05) is 6.42 Å². The van der Waals surface area contributed by atoms with Crippen molar-refractivity contribution in [2.24, 2.45) is 0 Å². The molecule has 0 spiro atoms. The molecule has 0 radical (unpaired) electrons. The van der Waals surface area contributed by atoms with Gasteiger partial charge in [-0.3, -0.25) is 9.59 Å². The third-order valence-electron chi connectivity index (χ3n) is 3.91. The second-order valence-corrected chi connectivity index (χ2v) is 6.25. The number of carbonyl (C=O) groups excluding carboxylic acids is 1. The smallest absolute Gasteiger partial charge is 0.325 e. The van der Waals surface area contributed by atoms with Gasteiger partial charge in [0.05, 0.1) is 0 Å². The highest BCUT2D eigenvalue weighted by Gasteiger charge is 2.12. The molecule has 4 heteroatoms. The molecule has 0 aromatic carbocycles. The zero-order chi connectivity index (χ0) is 17.3. The van der Waals surface area contributed by atoms with E-state index in [4.69, 9.17) is 5.11 Å². The van der Waals surface area contributed by atoms with Crippen molar-refractivity contribution >= 4 is 11.9 Å². The molecule has 0 fully saturated rings. The summed E-state index contributed by atoms with van der Waals surface area (Å²) in [6.45, 7) is 3.72.